The summed E-state index contributed by atoms with van der Waals surface area (Å²) < 4.78 is 1.07. The first kappa shape index (κ1) is 12.6. The first-order valence-corrected chi connectivity index (χ1v) is 6.79. The number of hydrogen-bond donors (Lipinski definition) is 1. The minimum atomic E-state index is -0.298. The van der Waals surface area contributed by atoms with Gasteiger partial charge in [0.15, 0.2) is 0 Å². The molecule has 1 N–H and O–H groups in total. The van der Waals surface area contributed by atoms with Gasteiger partial charge in [0.25, 0.3) is 0 Å². The number of nitrogens with one attached hydrogen (secondary N) is 1. The largest absolute Gasteiger partial charge is 0.355 e. The maximum atomic E-state index is 12.1. The topological polar surface area (TPSA) is 29.1 Å². The van der Waals surface area contributed by atoms with Crippen LogP contribution in [0.1, 0.15) is 32.3 Å². The molecule has 3 atom stereocenters. The van der Waals surface area contributed by atoms with Gasteiger partial charge in [-0.3, -0.25) is 4.79 Å². The zero-order valence-corrected chi connectivity index (χ0v) is 12.0. The normalized spacial score (nSPS) is 30.1. The van der Waals surface area contributed by atoms with E-state index in [1.807, 2.05) is 12.1 Å². The van der Waals surface area contributed by atoms with E-state index in [0.29, 0.717) is 5.92 Å². The predicted octanol–water partition coefficient (Wildman–Crippen LogP) is 3.32. The lowest BCUT2D eigenvalue weighted by Gasteiger charge is -2.33. The van der Waals surface area contributed by atoms with Gasteiger partial charge in [0, 0.05) is 11.0 Å². The standard InChI is InChI=1S/C14H18BrNO/c1-9-8-16-13(17)14(9,3)10(2)11-4-6-12(15)7-5-11/h4-7,9-10H,8H2,1-3H3,(H,16,17)/t9-,10?,14-/m0/s1. The van der Waals surface area contributed by atoms with Crippen molar-refractivity contribution >= 4 is 21.8 Å². The second-order valence-corrected chi connectivity index (χ2v) is 6.08. The van der Waals surface area contributed by atoms with Gasteiger partial charge in [0.1, 0.15) is 0 Å². The molecule has 2 rings (SSSR count). The molecule has 1 fully saturated rings. The van der Waals surface area contributed by atoms with E-state index in [1.54, 1.807) is 0 Å². The second-order valence-electron chi connectivity index (χ2n) is 5.17. The van der Waals surface area contributed by atoms with Crippen LogP contribution in [0, 0.1) is 11.3 Å². The number of carbonyl (C=O) groups is 1. The zero-order chi connectivity index (χ0) is 12.6. The van der Waals surface area contributed by atoms with Crippen molar-refractivity contribution < 1.29 is 4.79 Å². The Morgan fingerprint density at radius 2 is 2.00 bits per heavy atom. The van der Waals surface area contributed by atoms with Gasteiger partial charge >= 0.3 is 0 Å². The van der Waals surface area contributed by atoms with Crippen LogP contribution in [0.2, 0.25) is 0 Å². The number of amides is 1. The van der Waals surface area contributed by atoms with Crippen molar-refractivity contribution in [2.24, 2.45) is 11.3 Å². The first-order chi connectivity index (χ1) is 7.96. The SMILES string of the molecule is CC(c1ccc(Br)cc1)[C@@]1(C)C(=O)NC[C@@H]1C. The van der Waals surface area contributed by atoms with E-state index < -0.39 is 0 Å². The smallest absolute Gasteiger partial charge is 0.226 e. The van der Waals surface area contributed by atoms with Crippen LogP contribution in [-0.2, 0) is 4.79 Å². The molecule has 1 aromatic carbocycles. The second kappa shape index (κ2) is 4.45. The molecule has 1 aromatic rings. The maximum absolute atomic E-state index is 12.1. The molecule has 17 heavy (non-hydrogen) atoms. The van der Waals surface area contributed by atoms with Gasteiger partial charge in [0.05, 0.1) is 5.41 Å². The maximum Gasteiger partial charge on any atom is 0.226 e. The molecule has 1 amide bonds. The van der Waals surface area contributed by atoms with Crippen LogP contribution >= 0.6 is 15.9 Å². The molecule has 1 aliphatic rings. The first-order valence-electron chi connectivity index (χ1n) is 6.00. The van der Waals surface area contributed by atoms with Crippen molar-refractivity contribution in [1.82, 2.24) is 5.32 Å². The minimum absolute atomic E-state index is 0.181. The predicted molar refractivity (Wildman–Crippen MR) is 72.8 cm³/mol. The lowest BCUT2D eigenvalue weighted by molar-refractivity contribution is -0.128. The number of benzene rings is 1. The van der Waals surface area contributed by atoms with Crippen molar-refractivity contribution in [3.63, 3.8) is 0 Å². The van der Waals surface area contributed by atoms with Gasteiger partial charge in [-0.2, -0.15) is 0 Å². The average Bonchev–Trinajstić information content (AvgIpc) is 2.58. The van der Waals surface area contributed by atoms with Crippen LogP contribution < -0.4 is 5.32 Å². The van der Waals surface area contributed by atoms with Crippen molar-refractivity contribution in [3.8, 4) is 0 Å². The van der Waals surface area contributed by atoms with Gasteiger partial charge in [-0.15, -0.1) is 0 Å². The molecule has 0 aliphatic carbocycles. The summed E-state index contributed by atoms with van der Waals surface area (Å²) in [6.45, 7) is 7.15. The number of rotatable bonds is 2. The molecule has 3 heteroatoms. The number of halogens is 1. The van der Waals surface area contributed by atoms with Crippen LogP contribution in [0.15, 0.2) is 28.7 Å². The molecular formula is C14H18BrNO. The quantitative estimate of drug-likeness (QED) is 0.891. The highest BCUT2D eigenvalue weighted by Crippen LogP contribution is 2.44. The van der Waals surface area contributed by atoms with Gasteiger partial charge in [-0.1, -0.05) is 41.9 Å². The molecule has 0 radical (unpaired) electrons. The van der Waals surface area contributed by atoms with E-state index in [2.05, 4.69) is 54.2 Å². The summed E-state index contributed by atoms with van der Waals surface area (Å²) in [5, 5.41) is 2.97. The fraction of sp³-hybridized carbons (Fsp3) is 0.500. The van der Waals surface area contributed by atoms with E-state index in [4.69, 9.17) is 0 Å². The van der Waals surface area contributed by atoms with E-state index in [1.165, 1.54) is 5.56 Å². The minimum Gasteiger partial charge on any atom is -0.355 e. The van der Waals surface area contributed by atoms with Crippen LogP contribution in [0.4, 0.5) is 0 Å². The molecule has 1 saturated heterocycles. The monoisotopic (exact) mass is 295 g/mol. The Bertz CT molecular complexity index is 428. The average molecular weight is 296 g/mol. The van der Waals surface area contributed by atoms with Crippen molar-refractivity contribution in [2.45, 2.75) is 26.7 Å². The third-order valence-electron chi connectivity index (χ3n) is 4.35. The fourth-order valence-electron chi connectivity index (χ4n) is 2.59. The molecule has 2 nitrogen and oxygen atoms in total. The lowest BCUT2D eigenvalue weighted by atomic mass is 9.68. The van der Waals surface area contributed by atoms with Crippen LogP contribution in [0.5, 0.6) is 0 Å². The van der Waals surface area contributed by atoms with E-state index >= 15 is 0 Å². The molecule has 1 aliphatic heterocycles. The summed E-state index contributed by atoms with van der Waals surface area (Å²) in [7, 11) is 0. The summed E-state index contributed by atoms with van der Waals surface area (Å²) in [6.07, 6.45) is 0. The molecule has 1 heterocycles. The Labute approximate surface area is 111 Å². The Balaban J connectivity index is 2.33. The van der Waals surface area contributed by atoms with Crippen LogP contribution in [0.25, 0.3) is 0 Å². The Kier molecular flexibility index (Phi) is 3.30. The van der Waals surface area contributed by atoms with Crippen LogP contribution in [-0.4, -0.2) is 12.5 Å². The van der Waals surface area contributed by atoms with E-state index in [-0.39, 0.29) is 17.2 Å². The highest BCUT2D eigenvalue weighted by Gasteiger charge is 2.48. The van der Waals surface area contributed by atoms with Gasteiger partial charge in [-0.25, -0.2) is 0 Å². The molecule has 1 unspecified atom stereocenters. The highest BCUT2D eigenvalue weighted by molar-refractivity contribution is 9.10. The summed E-state index contributed by atoms with van der Waals surface area (Å²) >= 11 is 3.44. The van der Waals surface area contributed by atoms with Gasteiger partial charge in [0.2, 0.25) is 5.91 Å². The van der Waals surface area contributed by atoms with Gasteiger partial charge < -0.3 is 5.32 Å². The fourth-order valence-corrected chi connectivity index (χ4v) is 2.86. The third-order valence-corrected chi connectivity index (χ3v) is 4.88. The van der Waals surface area contributed by atoms with Crippen molar-refractivity contribution in [1.29, 1.82) is 0 Å². The third kappa shape index (κ3) is 2.01. The van der Waals surface area contributed by atoms with Crippen LogP contribution in [0.3, 0.4) is 0 Å². The number of carbonyl (C=O) groups excluding carboxylic acids is 1. The summed E-state index contributed by atoms with van der Waals surface area (Å²) in [6, 6.07) is 8.26. The van der Waals surface area contributed by atoms with Crippen molar-refractivity contribution in [3.05, 3.63) is 34.3 Å². The summed E-state index contributed by atoms with van der Waals surface area (Å²) in [5.41, 5.74) is 0.924. The van der Waals surface area contributed by atoms with Crippen molar-refractivity contribution in [2.75, 3.05) is 6.54 Å². The molecule has 92 valence electrons. The Morgan fingerprint density at radius 1 is 1.41 bits per heavy atom. The molecule has 0 saturated carbocycles. The lowest BCUT2D eigenvalue weighted by Crippen LogP contribution is -2.36. The Morgan fingerprint density at radius 3 is 2.47 bits per heavy atom. The number of hydrogen-bond acceptors (Lipinski definition) is 1. The molecular weight excluding hydrogens is 278 g/mol. The van der Waals surface area contributed by atoms with E-state index in [9.17, 15) is 4.79 Å². The zero-order valence-electron chi connectivity index (χ0n) is 10.5. The molecule has 0 spiro atoms. The van der Waals surface area contributed by atoms with E-state index in [0.717, 1.165) is 11.0 Å². The Hall–Kier alpha value is -0.830. The summed E-state index contributed by atoms with van der Waals surface area (Å²) in [5.74, 6) is 0.780. The van der Waals surface area contributed by atoms with Gasteiger partial charge in [-0.05, 0) is 36.5 Å². The highest BCUT2D eigenvalue weighted by atomic mass is 79.9. The molecule has 0 bridgehead atoms. The summed E-state index contributed by atoms with van der Waals surface area (Å²) in [4.78, 5) is 12.1. The molecule has 0 aromatic heterocycles.